The fourth-order valence-corrected chi connectivity index (χ4v) is 3.44. The number of rotatable bonds is 2. The molecule has 1 atom stereocenters. The van der Waals surface area contributed by atoms with Gasteiger partial charge < -0.3 is 14.5 Å². The third kappa shape index (κ3) is 2.27. The Kier molecular flexibility index (Phi) is 3.05. The van der Waals surface area contributed by atoms with Gasteiger partial charge in [-0.25, -0.2) is 4.99 Å². The van der Waals surface area contributed by atoms with Crippen LogP contribution in [0.4, 0.5) is 0 Å². The average molecular weight is 332 g/mol. The largest absolute Gasteiger partial charge is 0.464 e. The molecule has 0 bridgehead atoms. The first-order valence-corrected chi connectivity index (χ1v) is 8.31. The Bertz CT molecular complexity index is 995. The summed E-state index contributed by atoms with van der Waals surface area (Å²) in [5, 5.41) is 3.98. The number of nitrogens with zero attached hydrogens (tertiary/aromatic N) is 1. The Labute approximate surface area is 144 Å². The summed E-state index contributed by atoms with van der Waals surface area (Å²) in [6.45, 7) is 0.949. The number of fused-ring (bicyclic) bond motifs is 1. The molecule has 1 unspecified atom stereocenters. The maximum Gasteiger partial charge on any atom is 0.256 e. The van der Waals surface area contributed by atoms with Gasteiger partial charge in [0.15, 0.2) is 5.54 Å². The number of amidine groups is 1. The summed E-state index contributed by atoms with van der Waals surface area (Å²) < 4.78 is 10.8. The standard InChI is InChI=1S/C20H16N2O3/c23-19-20(8-10-24-12-20)22-18(21-19)14-3-1-13(2-4-14)15-5-6-17-16(11-15)7-9-25-17/h1-7,9,11H,8,10,12H2,(H,21,22,23). The highest BCUT2D eigenvalue weighted by Crippen LogP contribution is 2.29. The molecule has 5 heteroatoms. The van der Waals surface area contributed by atoms with Gasteiger partial charge >= 0.3 is 0 Å². The van der Waals surface area contributed by atoms with Crippen molar-refractivity contribution < 1.29 is 13.9 Å². The first kappa shape index (κ1) is 14.4. The topological polar surface area (TPSA) is 63.8 Å². The van der Waals surface area contributed by atoms with E-state index in [2.05, 4.69) is 16.4 Å². The van der Waals surface area contributed by atoms with Gasteiger partial charge in [-0.1, -0.05) is 30.3 Å². The summed E-state index contributed by atoms with van der Waals surface area (Å²) in [6.07, 6.45) is 2.34. The molecule has 3 aromatic rings. The molecular formula is C20H16N2O3. The van der Waals surface area contributed by atoms with Crippen molar-refractivity contribution >= 4 is 22.7 Å². The van der Waals surface area contributed by atoms with Gasteiger partial charge in [-0.3, -0.25) is 4.79 Å². The minimum Gasteiger partial charge on any atom is -0.464 e. The number of carbonyl (C=O) groups is 1. The molecule has 5 rings (SSSR count). The smallest absolute Gasteiger partial charge is 0.256 e. The van der Waals surface area contributed by atoms with Crippen LogP contribution in [-0.2, 0) is 9.53 Å². The summed E-state index contributed by atoms with van der Waals surface area (Å²) >= 11 is 0. The molecule has 0 radical (unpaired) electrons. The zero-order chi connectivity index (χ0) is 16.9. The van der Waals surface area contributed by atoms with E-state index in [-0.39, 0.29) is 5.91 Å². The molecule has 2 aromatic carbocycles. The maximum atomic E-state index is 12.3. The maximum absolute atomic E-state index is 12.3. The van der Waals surface area contributed by atoms with E-state index in [1.807, 2.05) is 42.5 Å². The van der Waals surface area contributed by atoms with Crippen molar-refractivity contribution in [3.8, 4) is 11.1 Å². The monoisotopic (exact) mass is 332 g/mol. The third-order valence-corrected chi connectivity index (χ3v) is 4.93. The molecule has 3 heterocycles. The van der Waals surface area contributed by atoms with E-state index in [4.69, 9.17) is 9.15 Å². The van der Waals surface area contributed by atoms with Crippen LogP contribution in [0.3, 0.4) is 0 Å². The van der Waals surface area contributed by atoms with Crippen LogP contribution in [-0.4, -0.2) is 30.5 Å². The van der Waals surface area contributed by atoms with Crippen LogP contribution >= 0.6 is 0 Å². The summed E-state index contributed by atoms with van der Waals surface area (Å²) in [5.41, 5.74) is 3.30. The van der Waals surface area contributed by atoms with E-state index in [1.54, 1.807) is 6.26 Å². The minimum atomic E-state index is -0.722. The number of amides is 1. The molecule has 1 saturated heterocycles. The lowest BCUT2D eigenvalue weighted by molar-refractivity contribution is -0.123. The Morgan fingerprint density at radius 1 is 1.00 bits per heavy atom. The molecular weight excluding hydrogens is 316 g/mol. The zero-order valence-corrected chi connectivity index (χ0v) is 13.5. The average Bonchev–Trinajstić information content (AvgIpc) is 3.37. The lowest BCUT2D eigenvalue weighted by atomic mass is 10.0. The lowest BCUT2D eigenvalue weighted by Gasteiger charge is -2.12. The van der Waals surface area contributed by atoms with E-state index in [1.165, 1.54) is 0 Å². The van der Waals surface area contributed by atoms with Crippen molar-refractivity contribution in [1.82, 2.24) is 5.32 Å². The first-order chi connectivity index (χ1) is 12.2. The van der Waals surface area contributed by atoms with E-state index >= 15 is 0 Å². The van der Waals surface area contributed by atoms with Crippen LogP contribution in [0.5, 0.6) is 0 Å². The van der Waals surface area contributed by atoms with Gasteiger partial charge in [0, 0.05) is 24.0 Å². The van der Waals surface area contributed by atoms with Crippen molar-refractivity contribution in [3.05, 3.63) is 60.4 Å². The van der Waals surface area contributed by atoms with Gasteiger partial charge in [0.25, 0.3) is 5.91 Å². The molecule has 1 aromatic heterocycles. The van der Waals surface area contributed by atoms with Crippen LogP contribution in [0.1, 0.15) is 12.0 Å². The summed E-state index contributed by atoms with van der Waals surface area (Å²) in [5.74, 6) is 0.571. The highest BCUT2D eigenvalue weighted by Gasteiger charge is 2.46. The molecule has 1 amide bonds. The van der Waals surface area contributed by atoms with Crippen molar-refractivity contribution in [3.63, 3.8) is 0 Å². The van der Waals surface area contributed by atoms with Crippen molar-refractivity contribution in [1.29, 1.82) is 0 Å². The van der Waals surface area contributed by atoms with Crippen molar-refractivity contribution in [2.75, 3.05) is 13.2 Å². The molecule has 1 spiro atoms. The number of carbonyl (C=O) groups excluding carboxylic acids is 1. The SMILES string of the molecule is O=C1NC(c2ccc(-c3ccc4occc4c3)cc2)=NC12CCOC2. The van der Waals surface area contributed by atoms with Crippen LogP contribution < -0.4 is 5.32 Å². The molecule has 5 nitrogen and oxygen atoms in total. The second-order valence-corrected chi connectivity index (χ2v) is 6.50. The molecule has 124 valence electrons. The predicted molar refractivity (Wildman–Crippen MR) is 94.5 cm³/mol. The lowest BCUT2D eigenvalue weighted by Crippen LogP contribution is -2.40. The van der Waals surface area contributed by atoms with Crippen molar-refractivity contribution in [2.24, 2.45) is 4.99 Å². The van der Waals surface area contributed by atoms with Crippen LogP contribution in [0.15, 0.2) is 64.2 Å². The summed E-state index contributed by atoms with van der Waals surface area (Å²) in [4.78, 5) is 16.9. The first-order valence-electron chi connectivity index (χ1n) is 8.31. The second kappa shape index (κ2) is 5.29. The number of nitrogens with one attached hydrogen (secondary N) is 1. The normalized spacial score (nSPS) is 22.6. The number of ether oxygens (including phenoxy) is 1. The molecule has 0 aliphatic carbocycles. The zero-order valence-electron chi connectivity index (χ0n) is 13.5. The van der Waals surface area contributed by atoms with Gasteiger partial charge in [0.05, 0.1) is 12.9 Å². The Morgan fingerprint density at radius 3 is 2.60 bits per heavy atom. The number of furan rings is 1. The van der Waals surface area contributed by atoms with E-state index in [0.29, 0.717) is 25.5 Å². The highest BCUT2D eigenvalue weighted by atomic mass is 16.5. The van der Waals surface area contributed by atoms with Gasteiger partial charge in [-0.2, -0.15) is 0 Å². The van der Waals surface area contributed by atoms with Gasteiger partial charge in [-0.15, -0.1) is 0 Å². The van der Waals surface area contributed by atoms with Gasteiger partial charge in [0.2, 0.25) is 0 Å². The molecule has 2 aliphatic rings. The third-order valence-electron chi connectivity index (χ3n) is 4.93. The van der Waals surface area contributed by atoms with E-state index < -0.39 is 5.54 Å². The highest BCUT2D eigenvalue weighted by molar-refractivity contribution is 6.15. The minimum absolute atomic E-state index is 0.0607. The van der Waals surface area contributed by atoms with Crippen LogP contribution in [0.2, 0.25) is 0 Å². The van der Waals surface area contributed by atoms with E-state index in [0.717, 1.165) is 27.7 Å². The molecule has 25 heavy (non-hydrogen) atoms. The number of aliphatic imine (C=N–C) groups is 1. The van der Waals surface area contributed by atoms with Gasteiger partial charge in [-0.05, 0) is 29.3 Å². The second-order valence-electron chi connectivity index (χ2n) is 6.50. The number of hydrogen-bond donors (Lipinski definition) is 1. The molecule has 2 aliphatic heterocycles. The Hall–Kier alpha value is -2.92. The summed E-state index contributed by atoms with van der Waals surface area (Å²) in [6, 6.07) is 16.1. The molecule has 0 saturated carbocycles. The quantitative estimate of drug-likeness (QED) is 0.784. The predicted octanol–water partition coefficient (Wildman–Crippen LogP) is 3.14. The molecule has 1 fully saturated rings. The number of benzene rings is 2. The number of hydrogen-bond acceptors (Lipinski definition) is 4. The fraction of sp³-hybridized carbons (Fsp3) is 0.200. The van der Waals surface area contributed by atoms with Crippen LogP contribution in [0, 0.1) is 0 Å². The Balaban J connectivity index is 1.46. The Morgan fingerprint density at radius 2 is 1.80 bits per heavy atom. The summed E-state index contributed by atoms with van der Waals surface area (Å²) in [7, 11) is 0. The van der Waals surface area contributed by atoms with Gasteiger partial charge in [0.1, 0.15) is 11.4 Å². The van der Waals surface area contributed by atoms with Crippen molar-refractivity contribution in [2.45, 2.75) is 12.0 Å². The molecule has 1 N–H and O–H groups in total. The van der Waals surface area contributed by atoms with Crippen LogP contribution in [0.25, 0.3) is 22.1 Å². The fourth-order valence-electron chi connectivity index (χ4n) is 3.44. The van der Waals surface area contributed by atoms with E-state index in [9.17, 15) is 4.79 Å².